The zero-order valence-corrected chi connectivity index (χ0v) is 15.1. The second-order valence-electron chi connectivity index (χ2n) is 5.19. The van der Waals surface area contributed by atoms with E-state index in [0.29, 0.717) is 11.3 Å². The number of benzene rings is 2. The van der Waals surface area contributed by atoms with E-state index in [1.54, 1.807) is 13.8 Å². The fourth-order valence-electron chi connectivity index (χ4n) is 2.34. The monoisotopic (exact) mass is 378 g/mol. The van der Waals surface area contributed by atoms with Crippen LogP contribution < -0.4 is 4.31 Å². The molecule has 0 saturated carbocycles. The van der Waals surface area contributed by atoms with Gasteiger partial charge < -0.3 is 4.74 Å². The molecule has 2 rings (SSSR count). The molecule has 0 bridgehead atoms. The molecule has 0 spiro atoms. The summed E-state index contributed by atoms with van der Waals surface area (Å²) in [5.74, 6) is -0.486. The van der Waals surface area contributed by atoms with Gasteiger partial charge in [0.05, 0.1) is 27.7 Å². The topological polar surface area (TPSA) is 107 Å². The third-order valence-electron chi connectivity index (χ3n) is 3.59. The maximum atomic E-state index is 12.8. The van der Waals surface area contributed by atoms with Crippen molar-refractivity contribution in [2.75, 3.05) is 17.5 Å². The van der Waals surface area contributed by atoms with Gasteiger partial charge in [-0.05, 0) is 50.2 Å². The maximum Gasteiger partial charge on any atom is 0.338 e. The minimum Gasteiger partial charge on any atom is -0.462 e. The Labute approximate surface area is 151 Å². The van der Waals surface area contributed by atoms with Crippen LogP contribution in [0.25, 0.3) is 0 Å². The number of sulfonamides is 1. The number of carbonyl (C=O) groups excluding carboxylic acids is 1. The highest BCUT2D eigenvalue weighted by atomic mass is 32.2. The third kappa shape index (κ3) is 3.99. The molecule has 2 aromatic rings. The molecule has 0 amide bonds. The van der Waals surface area contributed by atoms with Gasteiger partial charge in [-0.25, -0.2) is 13.2 Å². The number of ether oxygens (including phenoxy) is 1. The molecule has 9 heteroatoms. The van der Waals surface area contributed by atoms with Gasteiger partial charge in [-0.3, -0.25) is 14.4 Å². The van der Waals surface area contributed by atoms with Crippen LogP contribution in [0.3, 0.4) is 0 Å². The molecule has 0 saturated heterocycles. The SMILES string of the molecule is CCOC(=O)c1ccc(N(CC)S(=O)(=O)c2ccc([N+](=O)[O-])cc2)cc1. The molecule has 0 atom stereocenters. The van der Waals surface area contributed by atoms with Gasteiger partial charge in [-0.2, -0.15) is 0 Å². The Hall–Kier alpha value is -2.94. The number of hydrogen-bond acceptors (Lipinski definition) is 6. The summed E-state index contributed by atoms with van der Waals surface area (Å²) >= 11 is 0. The predicted octanol–water partition coefficient (Wildman–Crippen LogP) is 2.99. The van der Waals surface area contributed by atoms with E-state index in [4.69, 9.17) is 4.74 Å². The Morgan fingerprint density at radius 2 is 1.65 bits per heavy atom. The van der Waals surface area contributed by atoms with Crippen molar-refractivity contribution in [3.05, 3.63) is 64.2 Å². The van der Waals surface area contributed by atoms with Crippen molar-refractivity contribution in [2.24, 2.45) is 0 Å². The lowest BCUT2D eigenvalue weighted by Gasteiger charge is -2.23. The molecule has 2 aromatic carbocycles. The van der Waals surface area contributed by atoms with E-state index in [1.165, 1.54) is 36.4 Å². The van der Waals surface area contributed by atoms with Crippen molar-refractivity contribution >= 4 is 27.4 Å². The van der Waals surface area contributed by atoms with E-state index in [2.05, 4.69) is 0 Å². The summed E-state index contributed by atoms with van der Waals surface area (Å²) in [5, 5.41) is 10.7. The summed E-state index contributed by atoms with van der Waals surface area (Å²) in [5.41, 5.74) is 0.504. The quantitative estimate of drug-likeness (QED) is 0.416. The van der Waals surface area contributed by atoms with Crippen LogP contribution in [0, 0.1) is 10.1 Å². The van der Waals surface area contributed by atoms with Crippen LogP contribution in [0.15, 0.2) is 53.4 Å². The highest BCUT2D eigenvalue weighted by Gasteiger charge is 2.24. The fourth-order valence-corrected chi connectivity index (χ4v) is 3.81. The average Bonchev–Trinajstić information content (AvgIpc) is 2.63. The second kappa shape index (κ2) is 7.96. The first-order valence-corrected chi connectivity index (χ1v) is 9.29. The van der Waals surface area contributed by atoms with Gasteiger partial charge >= 0.3 is 5.97 Å². The Morgan fingerprint density at radius 1 is 1.08 bits per heavy atom. The Bertz CT molecular complexity index is 892. The minimum atomic E-state index is -3.90. The smallest absolute Gasteiger partial charge is 0.338 e. The van der Waals surface area contributed by atoms with Gasteiger partial charge in [0, 0.05) is 18.7 Å². The summed E-state index contributed by atoms with van der Waals surface area (Å²) in [4.78, 5) is 21.8. The molecule has 138 valence electrons. The Balaban J connectivity index is 2.34. The molecule has 0 unspecified atom stereocenters. The van der Waals surface area contributed by atoms with Crippen LogP contribution in [-0.2, 0) is 14.8 Å². The van der Waals surface area contributed by atoms with Gasteiger partial charge in [0.25, 0.3) is 15.7 Å². The van der Waals surface area contributed by atoms with Gasteiger partial charge in [-0.15, -0.1) is 0 Å². The highest BCUT2D eigenvalue weighted by molar-refractivity contribution is 7.92. The van der Waals surface area contributed by atoms with E-state index in [0.717, 1.165) is 16.4 Å². The number of nitrogens with zero attached hydrogens (tertiary/aromatic N) is 2. The number of esters is 1. The van der Waals surface area contributed by atoms with Crippen LogP contribution in [0.4, 0.5) is 11.4 Å². The highest BCUT2D eigenvalue weighted by Crippen LogP contribution is 2.25. The maximum absolute atomic E-state index is 12.8. The van der Waals surface area contributed by atoms with Crippen LogP contribution >= 0.6 is 0 Å². The fraction of sp³-hybridized carbons (Fsp3) is 0.235. The number of nitro groups is 1. The van der Waals surface area contributed by atoms with Crippen LogP contribution in [-0.4, -0.2) is 32.5 Å². The predicted molar refractivity (Wildman–Crippen MR) is 95.7 cm³/mol. The van der Waals surface area contributed by atoms with Gasteiger partial charge in [0.2, 0.25) is 0 Å². The summed E-state index contributed by atoms with van der Waals surface area (Å²) in [6, 6.07) is 10.7. The molecule has 0 fully saturated rings. The zero-order chi connectivity index (χ0) is 19.3. The lowest BCUT2D eigenvalue weighted by molar-refractivity contribution is -0.384. The molecule has 8 nitrogen and oxygen atoms in total. The van der Waals surface area contributed by atoms with E-state index >= 15 is 0 Å². The molecule has 0 aliphatic heterocycles. The number of rotatable bonds is 7. The molecular formula is C17H18N2O6S. The number of carbonyl (C=O) groups is 1. The van der Waals surface area contributed by atoms with Crippen molar-refractivity contribution in [2.45, 2.75) is 18.7 Å². The Morgan fingerprint density at radius 3 is 2.12 bits per heavy atom. The van der Waals surface area contributed by atoms with Crippen molar-refractivity contribution in [1.82, 2.24) is 0 Å². The van der Waals surface area contributed by atoms with Crippen LogP contribution in [0.2, 0.25) is 0 Å². The van der Waals surface area contributed by atoms with Crippen molar-refractivity contribution in [3.63, 3.8) is 0 Å². The molecule has 0 radical (unpaired) electrons. The minimum absolute atomic E-state index is 0.0561. The summed E-state index contributed by atoms with van der Waals surface area (Å²) in [6.45, 7) is 3.76. The van der Waals surface area contributed by atoms with Crippen molar-refractivity contribution in [1.29, 1.82) is 0 Å². The lowest BCUT2D eigenvalue weighted by atomic mass is 10.2. The third-order valence-corrected chi connectivity index (χ3v) is 5.51. The van der Waals surface area contributed by atoms with Crippen LogP contribution in [0.1, 0.15) is 24.2 Å². The normalized spacial score (nSPS) is 11.0. The molecule has 0 aliphatic carbocycles. The van der Waals surface area contributed by atoms with Crippen molar-refractivity contribution < 1.29 is 22.9 Å². The molecule has 0 heterocycles. The number of nitro benzene ring substituents is 1. The lowest BCUT2D eigenvalue weighted by Crippen LogP contribution is -2.30. The number of anilines is 1. The number of hydrogen-bond donors (Lipinski definition) is 0. The molecular weight excluding hydrogens is 360 g/mol. The van der Waals surface area contributed by atoms with Gasteiger partial charge in [0.15, 0.2) is 0 Å². The standard InChI is InChI=1S/C17H18N2O6S/c1-3-18(14-7-5-13(6-8-14)17(20)25-4-2)26(23,24)16-11-9-15(10-12-16)19(21)22/h5-12H,3-4H2,1-2H3. The van der Waals surface area contributed by atoms with E-state index in [-0.39, 0.29) is 23.7 Å². The van der Waals surface area contributed by atoms with E-state index in [1.807, 2.05) is 0 Å². The largest absolute Gasteiger partial charge is 0.462 e. The zero-order valence-electron chi connectivity index (χ0n) is 14.3. The second-order valence-corrected chi connectivity index (χ2v) is 7.05. The first-order valence-electron chi connectivity index (χ1n) is 7.85. The molecule has 0 N–H and O–H groups in total. The average molecular weight is 378 g/mol. The first kappa shape index (κ1) is 19.4. The van der Waals surface area contributed by atoms with E-state index < -0.39 is 20.9 Å². The van der Waals surface area contributed by atoms with Crippen molar-refractivity contribution in [3.8, 4) is 0 Å². The summed E-state index contributed by atoms with van der Waals surface area (Å²) < 4.78 is 31.7. The first-order chi connectivity index (χ1) is 12.3. The van der Waals surface area contributed by atoms with E-state index in [9.17, 15) is 23.3 Å². The van der Waals surface area contributed by atoms with Crippen LogP contribution in [0.5, 0.6) is 0 Å². The summed E-state index contributed by atoms with van der Waals surface area (Å²) in [7, 11) is -3.90. The van der Waals surface area contributed by atoms with Gasteiger partial charge in [-0.1, -0.05) is 0 Å². The Kier molecular flexibility index (Phi) is 5.93. The molecule has 26 heavy (non-hydrogen) atoms. The molecule has 0 aromatic heterocycles. The number of non-ortho nitro benzene ring substituents is 1. The van der Waals surface area contributed by atoms with Gasteiger partial charge in [0.1, 0.15) is 0 Å². The summed E-state index contributed by atoms with van der Waals surface area (Å²) in [6.07, 6.45) is 0. The molecule has 0 aliphatic rings.